The molecule has 20 heavy (non-hydrogen) atoms. The minimum Gasteiger partial charge on any atom is -0.273 e. The zero-order chi connectivity index (χ0) is 15.6. The molecule has 0 spiro atoms. The van der Waals surface area contributed by atoms with Gasteiger partial charge < -0.3 is 5.11 Å². The molecule has 1 aromatic carbocycles. The number of phenolic OH excluding ortho intramolecular Hbond substituents is 1. The molecule has 0 heterocycles. The van der Waals surface area contributed by atoms with Crippen molar-refractivity contribution in [2.24, 2.45) is 0 Å². The number of hydrogen-bond acceptors (Lipinski definition) is 1. The fourth-order valence-corrected chi connectivity index (χ4v) is 1.31. The van der Waals surface area contributed by atoms with Crippen LogP contribution in [0.3, 0.4) is 0 Å². The third-order valence-corrected chi connectivity index (χ3v) is 2.30. The molecule has 0 aromatic heterocycles. The molecule has 2 heteroatoms. The minimum absolute atomic E-state index is 0.124. The fourth-order valence-electron chi connectivity index (χ4n) is 1.31. The Morgan fingerprint density at radius 1 is 1.25 bits per heavy atom. The molecule has 0 atom stereocenters. The van der Waals surface area contributed by atoms with Crippen LogP contribution in [-0.4, -0.2) is 8.92 Å². The number of phenols is 1. The summed E-state index contributed by atoms with van der Waals surface area (Å²) in [5.41, 5.74) is 1.29. The van der Waals surface area contributed by atoms with Gasteiger partial charge in [0.1, 0.15) is 5.75 Å². The molecule has 107 valence electrons. The van der Waals surface area contributed by atoms with Gasteiger partial charge in [0.05, 0.1) is 0 Å². The Labute approximate surface area is 135 Å². The molecule has 1 nitrogen and oxygen atoms in total. The monoisotopic (exact) mass is 305 g/mol. The van der Waals surface area contributed by atoms with E-state index in [0.717, 1.165) is 12.0 Å². The van der Waals surface area contributed by atoms with Gasteiger partial charge in [-0.1, -0.05) is 32.9 Å². The molecular formula is C18H25OTi. The Morgan fingerprint density at radius 2 is 1.85 bits per heavy atom. The van der Waals surface area contributed by atoms with Crippen LogP contribution in [0.15, 0.2) is 42.5 Å². The zero-order valence-electron chi connectivity index (χ0n) is 13.2. The SMILES string of the molecule is CC(C)(C)c1cccc(O)c1.C[C](C)=[Ti+].[C-]1=CC=CC1. The second-order valence-corrected chi connectivity index (χ2v) is 7.36. The third kappa shape index (κ3) is 11.0. The quantitative estimate of drug-likeness (QED) is 0.542. The molecule has 0 fully saturated rings. The topological polar surface area (TPSA) is 20.2 Å². The zero-order valence-corrected chi connectivity index (χ0v) is 14.8. The average molecular weight is 305 g/mol. The van der Waals surface area contributed by atoms with Crippen molar-refractivity contribution in [3.05, 3.63) is 54.1 Å². The molecule has 0 unspecified atom stereocenters. The van der Waals surface area contributed by atoms with E-state index in [4.69, 9.17) is 0 Å². The van der Waals surface area contributed by atoms with Gasteiger partial charge in [0.25, 0.3) is 0 Å². The fraction of sp³-hybridized carbons (Fsp3) is 0.389. The van der Waals surface area contributed by atoms with Gasteiger partial charge in [0.15, 0.2) is 0 Å². The van der Waals surface area contributed by atoms with Crippen molar-refractivity contribution in [1.29, 1.82) is 0 Å². The first-order valence-corrected chi connectivity index (χ1v) is 7.54. The molecule has 1 aromatic rings. The van der Waals surface area contributed by atoms with Crippen molar-refractivity contribution in [3.63, 3.8) is 0 Å². The van der Waals surface area contributed by atoms with Gasteiger partial charge in [-0.3, -0.25) is 6.08 Å². The number of rotatable bonds is 0. The van der Waals surface area contributed by atoms with Crippen molar-refractivity contribution in [3.8, 4) is 5.75 Å². The third-order valence-electron chi connectivity index (χ3n) is 2.30. The van der Waals surface area contributed by atoms with Crippen LogP contribution in [0.2, 0.25) is 0 Å². The first kappa shape index (κ1) is 19.1. The van der Waals surface area contributed by atoms with Crippen LogP contribution in [0.4, 0.5) is 0 Å². The standard InChI is InChI=1S/C10H14O.C5H5.C3H6.Ti/c1-10(2,3)8-5-4-6-9(11)7-8;1-2-4-5-3-1;1-3-2;/h4-7,11H,1-3H3;1-3H,4H2;1-2H3;/q;-1;;+1. The maximum atomic E-state index is 9.18. The average Bonchev–Trinajstić information content (AvgIpc) is 2.85. The normalized spacial score (nSPS) is 12.2. The van der Waals surface area contributed by atoms with Gasteiger partial charge in [0.2, 0.25) is 0 Å². The van der Waals surface area contributed by atoms with E-state index in [-0.39, 0.29) is 5.41 Å². The van der Waals surface area contributed by atoms with Gasteiger partial charge in [-0.2, -0.15) is 6.08 Å². The van der Waals surface area contributed by atoms with Gasteiger partial charge >= 0.3 is 37.6 Å². The predicted molar refractivity (Wildman–Crippen MR) is 84.7 cm³/mol. The maximum absolute atomic E-state index is 9.18. The Morgan fingerprint density at radius 3 is 2.10 bits per heavy atom. The van der Waals surface area contributed by atoms with Crippen molar-refractivity contribution >= 4 is 3.81 Å². The molecule has 1 aliphatic rings. The summed E-state index contributed by atoms with van der Waals surface area (Å²) in [7, 11) is 0. The summed E-state index contributed by atoms with van der Waals surface area (Å²) < 4.78 is 1.42. The van der Waals surface area contributed by atoms with Crippen LogP contribution in [0.5, 0.6) is 5.75 Å². The molecule has 0 amide bonds. The second-order valence-electron chi connectivity index (χ2n) is 5.80. The smallest absolute Gasteiger partial charge is 0.109 e. The van der Waals surface area contributed by atoms with Crippen LogP contribution < -0.4 is 0 Å². The Kier molecular flexibility index (Phi) is 9.45. The Hall–Kier alpha value is -0.916. The predicted octanol–water partition coefficient (Wildman–Crippen LogP) is 4.74. The summed E-state index contributed by atoms with van der Waals surface area (Å²) in [6.45, 7) is 10.5. The number of aromatic hydroxyl groups is 1. The van der Waals surface area contributed by atoms with E-state index >= 15 is 0 Å². The van der Waals surface area contributed by atoms with Crippen LogP contribution in [0.25, 0.3) is 0 Å². The van der Waals surface area contributed by atoms with Crippen LogP contribution in [-0.2, 0) is 25.4 Å². The molecule has 0 radical (unpaired) electrons. The van der Waals surface area contributed by atoms with Crippen LogP contribution >= 0.6 is 0 Å². The molecule has 0 aliphatic heterocycles. The van der Waals surface area contributed by atoms with E-state index in [1.54, 1.807) is 12.1 Å². The van der Waals surface area contributed by atoms with E-state index in [1.165, 1.54) is 3.81 Å². The van der Waals surface area contributed by atoms with Gasteiger partial charge in [-0.25, -0.2) is 12.2 Å². The molecule has 0 saturated heterocycles. The molecule has 0 saturated carbocycles. The first-order valence-electron chi connectivity index (χ1n) is 6.76. The second kappa shape index (κ2) is 9.91. The van der Waals surface area contributed by atoms with Crippen LogP contribution in [0.1, 0.15) is 46.6 Å². The minimum atomic E-state index is 0.124. The summed E-state index contributed by atoms with van der Waals surface area (Å²) in [5.74, 6) is 0.345. The van der Waals surface area contributed by atoms with E-state index < -0.39 is 0 Å². The molecule has 0 bridgehead atoms. The Balaban J connectivity index is 0.000000331. The van der Waals surface area contributed by atoms with E-state index in [1.807, 2.05) is 24.3 Å². The van der Waals surface area contributed by atoms with E-state index in [2.05, 4.69) is 66.7 Å². The number of benzene rings is 1. The van der Waals surface area contributed by atoms with Crippen molar-refractivity contribution in [2.75, 3.05) is 0 Å². The van der Waals surface area contributed by atoms with Crippen molar-refractivity contribution in [2.45, 2.75) is 46.5 Å². The van der Waals surface area contributed by atoms with E-state index in [9.17, 15) is 5.11 Å². The first-order chi connectivity index (χ1) is 9.23. The number of allylic oxidation sites excluding steroid dienone is 4. The summed E-state index contributed by atoms with van der Waals surface area (Å²) in [4.78, 5) is 0. The molecule has 2 rings (SSSR count). The van der Waals surface area contributed by atoms with Crippen LogP contribution in [0, 0.1) is 6.08 Å². The molecule has 1 N–H and O–H groups in total. The van der Waals surface area contributed by atoms with Crippen molar-refractivity contribution in [1.82, 2.24) is 0 Å². The maximum Gasteiger partial charge on any atom is -0.109 e. The largest absolute Gasteiger partial charge is 0.273 e. The Bertz CT molecular complexity index is 451. The molecular weight excluding hydrogens is 280 g/mol. The van der Waals surface area contributed by atoms with Gasteiger partial charge in [-0.15, -0.1) is 6.42 Å². The summed E-state index contributed by atoms with van der Waals surface area (Å²) >= 11 is 2.08. The van der Waals surface area contributed by atoms with Crippen molar-refractivity contribution < 1.29 is 25.1 Å². The van der Waals surface area contributed by atoms with E-state index in [0.29, 0.717) is 5.75 Å². The van der Waals surface area contributed by atoms with Gasteiger partial charge in [0, 0.05) is 0 Å². The number of hydrogen-bond donors (Lipinski definition) is 1. The summed E-state index contributed by atoms with van der Waals surface area (Å²) in [6.07, 6.45) is 10.0. The summed E-state index contributed by atoms with van der Waals surface area (Å²) in [6, 6.07) is 7.39. The summed E-state index contributed by atoms with van der Waals surface area (Å²) in [5, 5.41) is 9.18. The molecule has 1 aliphatic carbocycles. The van der Waals surface area contributed by atoms with Gasteiger partial charge in [-0.05, 0) is 23.1 Å².